The van der Waals surface area contributed by atoms with Crippen LogP contribution in [-0.4, -0.2) is 19.6 Å². The summed E-state index contributed by atoms with van der Waals surface area (Å²) in [6.45, 7) is 6.29. The Kier molecular flexibility index (Phi) is 5.03. The summed E-state index contributed by atoms with van der Waals surface area (Å²) < 4.78 is 14.4. The summed E-state index contributed by atoms with van der Waals surface area (Å²) in [5.41, 5.74) is 1.66. The largest absolute Gasteiger partial charge is 0.357 e. The lowest BCUT2D eigenvalue weighted by molar-refractivity contribution is 0.576. The number of terminal acetylenes is 1. The molecule has 3 heteroatoms. The fourth-order valence-electron chi connectivity index (χ4n) is 2.59. The van der Waals surface area contributed by atoms with Crippen molar-refractivity contribution in [1.29, 1.82) is 0 Å². The van der Waals surface area contributed by atoms with Crippen molar-refractivity contribution in [3.8, 4) is 12.3 Å². The van der Waals surface area contributed by atoms with E-state index in [1.807, 2.05) is 11.0 Å². The summed E-state index contributed by atoms with van der Waals surface area (Å²) >= 11 is 0. The van der Waals surface area contributed by atoms with E-state index in [0.717, 1.165) is 18.7 Å². The molecule has 20 heavy (non-hydrogen) atoms. The molecule has 1 saturated carbocycles. The normalized spacial score (nSPS) is 15.7. The molecule has 1 aliphatic carbocycles. The molecule has 0 heterocycles. The molecule has 1 aliphatic rings. The fraction of sp³-hybridized carbons (Fsp3) is 0.529. The molecule has 1 atom stereocenters. The second-order valence-electron chi connectivity index (χ2n) is 5.49. The van der Waals surface area contributed by atoms with Crippen LogP contribution in [0.4, 0.5) is 10.1 Å². The molecule has 0 saturated heterocycles. The Hall–Kier alpha value is -1.53. The van der Waals surface area contributed by atoms with Gasteiger partial charge in [0.05, 0.1) is 12.2 Å². The molecule has 1 N–H and O–H groups in total. The van der Waals surface area contributed by atoms with Crippen molar-refractivity contribution in [2.75, 3.05) is 24.5 Å². The molecule has 0 bridgehead atoms. The molecule has 2 nitrogen and oxygen atoms in total. The minimum atomic E-state index is -0.178. The number of anilines is 1. The third-order valence-corrected chi connectivity index (χ3v) is 3.77. The SMILES string of the molecule is C#CCN(CC1CC1)c1c(F)cccc1C(C)NCC. The average Bonchev–Trinajstić information content (AvgIpc) is 3.22. The first-order valence-electron chi connectivity index (χ1n) is 7.37. The predicted octanol–water partition coefficient (Wildman–Crippen LogP) is 3.35. The highest BCUT2D eigenvalue weighted by molar-refractivity contribution is 5.57. The van der Waals surface area contributed by atoms with Crippen LogP contribution in [0.1, 0.15) is 38.3 Å². The van der Waals surface area contributed by atoms with Crippen molar-refractivity contribution in [3.05, 3.63) is 29.6 Å². The Morgan fingerprint density at radius 2 is 2.25 bits per heavy atom. The van der Waals surface area contributed by atoms with E-state index in [0.29, 0.717) is 18.2 Å². The van der Waals surface area contributed by atoms with E-state index in [1.165, 1.54) is 18.9 Å². The van der Waals surface area contributed by atoms with E-state index < -0.39 is 0 Å². The van der Waals surface area contributed by atoms with Crippen molar-refractivity contribution in [2.24, 2.45) is 5.92 Å². The molecule has 1 aromatic rings. The number of benzene rings is 1. The minimum absolute atomic E-state index is 0.116. The van der Waals surface area contributed by atoms with Crippen LogP contribution < -0.4 is 10.2 Å². The van der Waals surface area contributed by atoms with Gasteiger partial charge >= 0.3 is 0 Å². The zero-order valence-electron chi connectivity index (χ0n) is 12.3. The van der Waals surface area contributed by atoms with Gasteiger partial charge in [-0.15, -0.1) is 6.42 Å². The van der Waals surface area contributed by atoms with Crippen molar-refractivity contribution < 1.29 is 4.39 Å². The summed E-state index contributed by atoms with van der Waals surface area (Å²) in [5, 5.41) is 3.35. The topological polar surface area (TPSA) is 15.3 Å². The van der Waals surface area contributed by atoms with Crippen LogP contribution >= 0.6 is 0 Å². The zero-order valence-corrected chi connectivity index (χ0v) is 12.3. The second-order valence-corrected chi connectivity index (χ2v) is 5.49. The first-order valence-corrected chi connectivity index (χ1v) is 7.37. The third kappa shape index (κ3) is 3.52. The van der Waals surface area contributed by atoms with E-state index in [4.69, 9.17) is 6.42 Å². The van der Waals surface area contributed by atoms with E-state index >= 15 is 0 Å². The first-order chi connectivity index (χ1) is 9.67. The van der Waals surface area contributed by atoms with Crippen LogP contribution in [0, 0.1) is 24.1 Å². The smallest absolute Gasteiger partial charge is 0.146 e. The maximum Gasteiger partial charge on any atom is 0.146 e. The van der Waals surface area contributed by atoms with Gasteiger partial charge in [-0.2, -0.15) is 0 Å². The Balaban J connectivity index is 2.32. The van der Waals surface area contributed by atoms with Crippen LogP contribution in [0.15, 0.2) is 18.2 Å². The molecular weight excluding hydrogens is 251 g/mol. The summed E-state index contributed by atoms with van der Waals surface area (Å²) in [4.78, 5) is 2.02. The second kappa shape index (κ2) is 6.76. The summed E-state index contributed by atoms with van der Waals surface area (Å²) in [5.74, 6) is 3.16. The third-order valence-electron chi connectivity index (χ3n) is 3.77. The molecule has 0 amide bonds. The predicted molar refractivity (Wildman–Crippen MR) is 82.3 cm³/mol. The van der Waals surface area contributed by atoms with Crippen molar-refractivity contribution >= 4 is 5.69 Å². The maximum absolute atomic E-state index is 14.4. The number of nitrogens with zero attached hydrogens (tertiary/aromatic N) is 1. The molecule has 1 aromatic carbocycles. The average molecular weight is 274 g/mol. The number of rotatable bonds is 7. The van der Waals surface area contributed by atoms with Crippen molar-refractivity contribution in [1.82, 2.24) is 5.32 Å². The number of hydrogen-bond donors (Lipinski definition) is 1. The van der Waals surface area contributed by atoms with Gasteiger partial charge < -0.3 is 10.2 Å². The van der Waals surface area contributed by atoms with Gasteiger partial charge in [0.2, 0.25) is 0 Å². The highest BCUT2D eigenvalue weighted by Crippen LogP contribution is 2.35. The van der Waals surface area contributed by atoms with E-state index in [9.17, 15) is 4.39 Å². The molecule has 1 fully saturated rings. The Bertz CT molecular complexity index is 488. The lowest BCUT2D eigenvalue weighted by Gasteiger charge is -2.28. The van der Waals surface area contributed by atoms with Gasteiger partial charge in [-0.3, -0.25) is 0 Å². The molecule has 0 spiro atoms. The number of para-hydroxylation sites is 1. The number of halogens is 1. The molecular formula is C17H23FN2. The molecule has 2 rings (SSSR count). The lowest BCUT2D eigenvalue weighted by Crippen LogP contribution is -2.30. The number of nitrogens with one attached hydrogen (secondary N) is 1. The van der Waals surface area contributed by atoms with Gasteiger partial charge in [-0.05, 0) is 43.9 Å². The quantitative estimate of drug-likeness (QED) is 0.767. The van der Waals surface area contributed by atoms with Gasteiger partial charge in [0.15, 0.2) is 0 Å². The number of hydrogen-bond acceptors (Lipinski definition) is 2. The molecule has 0 aliphatic heterocycles. The Labute approximate surface area is 121 Å². The molecule has 0 aromatic heterocycles. The minimum Gasteiger partial charge on any atom is -0.357 e. The van der Waals surface area contributed by atoms with Gasteiger partial charge in [0, 0.05) is 12.6 Å². The Morgan fingerprint density at radius 3 is 2.85 bits per heavy atom. The fourth-order valence-corrected chi connectivity index (χ4v) is 2.59. The maximum atomic E-state index is 14.4. The van der Waals surface area contributed by atoms with Crippen molar-refractivity contribution in [3.63, 3.8) is 0 Å². The standard InChI is InChI=1S/C17H23FN2/c1-4-11-20(12-14-9-10-14)17-15(13(3)19-5-2)7-6-8-16(17)18/h1,6-8,13-14,19H,5,9-12H2,2-3H3. The monoisotopic (exact) mass is 274 g/mol. The van der Waals surface area contributed by atoms with Crippen molar-refractivity contribution in [2.45, 2.75) is 32.7 Å². The van der Waals surface area contributed by atoms with Crippen LogP contribution in [0.3, 0.4) is 0 Å². The van der Waals surface area contributed by atoms with E-state index in [-0.39, 0.29) is 11.9 Å². The van der Waals surface area contributed by atoms with E-state index in [2.05, 4.69) is 25.1 Å². The van der Waals surface area contributed by atoms with Gasteiger partial charge in [-0.1, -0.05) is 25.0 Å². The Morgan fingerprint density at radius 1 is 1.50 bits per heavy atom. The summed E-state index contributed by atoms with van der Waals surface area (Å²) in [6.07, 6.45) is 7.93. The van der Waals surface area contributed by atoms with Crippen LogP contribution in [0.5, 0.6) is 0 Å². The van der Waals surface area contributed by atoms with Crippen LogP contribution in [-0.2, 0) is 0 Å². The van der Waals surface area contributed by atoms with E-state index in [1.54, 1.807) is 6.07 Å². The highest BCUT2D eigenvalue weighted by Gasteiger charge is 2.27. The molecule has 1 unspecified atom stereocenters. The van der Waals surface area contributed by atoms with Crippen LogP contribution in [0.25, 0.3) is 0 Å². The summed E-state index contributed by atoms with van der Waals surface area (Å²) in [6, 6.07) is 5.40. The van der Waals surface area contributed by atoms with Crippen LogP contribution in [0.2, 0.25) is 0 Å². The van der Waals surface area contributed by atoms with Gasteiger partial charge in [0.1, 0.15) is 5.82 Å². The highest BCUT2D eigenvalue weighted by atomic mass is 19.1. The lowest BCUT2D eigenvalue weighted by atomic mass is 10.0. The zero-order chi connectivity index (χ0) is 14.5. The first kappa shape index (κ1) is 14.9. The summed E-state index contributed by atoms with van der Waals surface area (Å²) in [7, 11) is 0. The molecule has 108 valence electrons. The molecule has 0 radical (unpaired) electrons. The van der Waals surface area contributed by atoms with Gasteiger partial charge in [0.25, 0.3) is 0 Å². The van der Waals surface area contributed by atoms with Gasteiger partial charge in [-0.25, -0.2) is 4.39 Å².